The van der Waals surface area contributed by atoms with Crippen molar-refractivity contribution in [2.75, 3.05) is 14.1 Å². The van der Waals surface area contributed by atoms with Gasteiger partial charge in [-0.1, -0.05) is 0 Å². The number of nitrogens with one attached hydrogen (secondary N) is 1. The molecule has 0 bridgehead atoms. The Bertz CT molecular complexity index is 199. The first-order valence-corrected chi connectivity index (χ1v) is 3.12. The number of aromatic nitrogens is 1. The molecule has 0 aromatic carbocycles. The Morgan fingerprint density at radius 1 is 1.60 bits per heavy atom. The van der Waals surface area contributed by atoms with Crippen molar-refractivity contribution in [3.63, 3.8) is 0 Å². The maximum atomic E-state index is 4.14. The monoisotopic (exact) mass is 137 g/mol. The average molecular weight is 137 g/mol. The van der Waals surface area contributed by atoms with Crippen LogP contribution in [0.2, 0.25) is 0 Å². The van der Waals surface area contributed by atoms with E-state index in [0.29, 0.717) is 0 Å². The molecule has 0 saturated heterocycles. The number of hydrogen-bond acceptors (Lipinski definition) is 1. The van der Waals surface area contributed by atoms with E-state index in [4.69, 9.17) is 0 Å². The second-order valence-electron chi connectivity index (χ2n) is 2.28. The highest BCUT2D eigenvalue weighted by atomic mass is 15.1. The van der Waals surface area contributed by atoms with Crippen LogP contribution in [0.15, 0.2) is 23.5 Å². The number of nitrogens with zero attached hydrogens (tertiary/aromatic N) is 2. The quantitative estimate of drug-likeness (QED) is 0.482. The molecule has 0 fully saturated rings. The molecule has 0 unspecified atom stereocenters. The fourth-order valence-corrected chi connectivity index (χ4v) is 0.578. The molecule has 1 rings (SSSR count). The van der Waals surface area contributed by atoms with Crippen LogP contribution in [-0.2, 0) is 0 Å². The van der Waals surface area contributed by atoms with Crippen molar-refractivity contribution in [1.29, 1.82) is 0 Å². The third-order valence-corrected chi connectivity index (χ3v) is 1.02. The van der Waals surface area contributed by atoms with Gasteiger partial charge in [-0.15, -0.1) is 0 Å². The van der Waals surface area contributed by atoms with Gasteiger partial charge in [0.2, 0.25) is 0 Å². The maximum absolute atomic E-state index is 4.14. The Kier molecular flexibility index (Phi) is 2.10. The van der Waals surface area contributed by atoms with E-state index in [1.165, 1.54) is 0 Å². The lowest BCUT2D eigenvalue weighted by molar-refractivity contribution is 0.643. The molecule has 3 nitrogen and oxygen atoms in total. The second kappa shape index (κ2) is 3.06. The van der Waals surface area contributed by atoms with Gasteiger partial charge in [-0.3, -0.25) is 0 Å². The first-order chi connectivity index (χ1) is 4.79. The van der Waals surface area contributed by atoms with Crippen molar-refractivity contribution in [2.24, 2.45) is 4.99 Å². The molecule has 10 heavy (non-hydrogen) atoms. The van der Waals surface area contributed by atoms with Gasteiger partial charge in [0.25, 0.3) is 0 Å². The molecular weight excluding hydrogens is 126 g/mol. The molecule has 1 N–H and O–H groups in total. The molecule has 0 aliphatic heterocycles. The van der Waals surface area contributed by atoms with E-state index in [9.17, 15) is 0 Å². The highest BCUT2D eigenvalue weighted by Gasteiger charge is 1.83. The van der Waals surface area contributed by atoms with Crippen molar-refractivity contribution in [2.45, 2.75) is 0 Å². The molecule has 1 aromatic rings. The minimum atomic E-state index is 0.953. The summed E-state index contributed by atoms with van der Waals surface area (Å²) in [4.78, 5) is 8.95. The maximum Gasteiger partial charge on any atom is 0.0907 e. The first-order valence-electron chi connectivity index (χ1n) is 3.12. The predicted molar refractivity (Wildman–Crippen MR) is 42.6 cm³/mol. The van der Waals surface area contributed by atoms with Gasteiger partial charge < -0.3 is 9.88 Å². The van der Waals surface area contributed by atoms with E-state index in [1.54, 1.807) is 6.34 Å². The molecule has 0 aliphatic carbocycles. The minimum Gasteiger partial charge on any atom is -0.369 e. The van der Waals surface area contributed by atoms with Crippen LogP contribution in [0, 0.1) is 0 Å². The summed E-state index contributed by atoms with van der Waals surface area (Å²) in [5.74, 6) is 0. The predicted octanol–water partition coefficient (Wildman–Crippen LogP) is 1.24. The highest BCUT2D eigenvalue weighted by molar-refractivity contribution is 5.60. The lowest BCUT2D eigenvalue weighted by Crippen LogP contribution is -2.06. The molecular formula is C7H11N3. The second-order valence-corrected chi connectivity index (χ2v) is 2.28. The zero-order valence-electron chi connectivity index (χ0n) is 6.20. The van der Waals surface area contributed by atoms with E-state index in [-0.39, 0.29) is 0 Å². The molecule has 0 aliphatic rings. The summed E-state index contributed by atoms with van der Waals surface area (Å²) in [6.07, 6.45) is 5.46. The van der Waals surface area contributed by atoms with E-state index in [0.717, 1.165) is 5.69 Å². The van der Waals surface area contributed by atoms with Crippen LogP contribution in [0.5, 0.6) is 0 Å². The summed E-state index contributed by atoms with van der Waals surface area (Å²) >= 11 is 0. The van der Waals surface area contributed by atoms with Crippen LogP contribution >= 0.6 is 0 Å². The fourth-order valence-electron chi connectivity index (χ4n) is 0.578. The number of H-pyrrole nitrogens is 1. The van der Waals surface area contributed by atoms with Crippen LogP contribution in [0.1, 0.15) is 0 Å². The molecule has 1 aromatic heterocycles. The van der Waals surface area contributed by atoms with Gasteiger partial charge in [0.05, 0.1) is 12.0 Å². The minimum absolute atomic E-state index is 0.953. The van der Waals surface area contributed by atoms with Crippen LogP contribution in [0.4, 0.5) is 5.69 Å². The largest absolute Gasteiger partial charge is 0.369 e. The summed E-state index contributed by atoms with van der Waals surface area (Å²) in [5.41, 5.74) is 0.953. The standard InChI is InChI=1S/C7H11N3/c1-10(2)6-9-7-3-4-8-5-7/h3-6,8H,1-2H3. The lowest BCUT2D eigenvalue weighted by Gasteiger charge is -2.00. The third-order valence-electron chi connectivity index (χ3n) is 1.02. The number of hydrogen-bond donors (Lipinski definition) is 1. The van der Waals surface area contributed by atoms with Crippen molar-refractivity contribution in [3.8, 4) is 0 Å². The van der Waals surface area contributed by atoms with Crippen molar-refractivity contribution in [3.05, 3.63) is 18.5 Å². The highest BCUT2D eigenvalue weighted by Crippen LogP contribution is 2.06. The van der Waals surface area contributed by atoms with Crippen molar-refractivity contribution in [1.82, 2.24) is 9.88 Å². The average Bonchev–Trinajstić information content (AvgIpc) is 2.34. The molecule has 54 valence electrons. The molecule has 0 atom stereocenters. The zero-order valence-corrected chi connectivity index (χ0v) is 6.20. The summed E-state index contributed by atoms with van der Waals surface area (Å²) in [7, 11) is 3.88. The summed E-state index contributed by atoms with van der Waals surface area (Å²) in [5, 5.41) is 0. The van der Waals surface area contributed by atoms with E-state index < -0.39 is 0 Å². The summed E-state index contributed by atoms with van der Waals surface area (Å²) in [6, 6.07) is 1.92. The number of aliphatic imine (C=N–C) groups is 1. The molecule has 0 radical (unpaired) electrons. The van der Waals surface area contributed by atoms with Gasteiger partial charge >= 0.3 is 0 Å². The Labute approximate surface area is 60.4 Å². The molecule has 0 amide bonds. The first kappa shape index (κ1) is 6.86. The molecule has 1 heterocycles. The van der Waals surface area contributed by atoms with E-state index in [1.807, 2.05) is 37.5 Å². The van der Waals surface area contributed by atoms with Gasteiger partial charge in [-0.2, -0.15) is 0 Å². The number of rotatable bonds is 2. The van der Waals surface area contributed by atoms with Crippen LogP contribution < -0.4 is 0 Å². The van der Waals surface area contributed by atoms with Crippen LogP contribution in [-0.4, -0.2) is 30.3 Å². The normalized spacial score (nSPS) is 10.6. The summed E-state index contributed by atoms with van der Waals surface area (Å²) < 4.78 is 0. The van der Waals surface area contributed by atoms with Gasteiger partial charge in [-0.05, 0) is 6.07 Å². The Balaban J connectivity index is 2.55. The molecule has 3 heteroatoms. The third kappa shape index (κ3) is 1.93. The Morgan fingerprint density at radius 3 is 2.90 bits per heavy atom. The van der Waals surface area contributed by atoms with Crippen LogP contribution in [0.3, 0.4) is 0 Å². The smallest absolute Gasteiger partial charge is 0.0907 e. The Hall–Kier alpha value is -1.25. The van der Waals surface area contributed by atoms with Crippen molar-refractivity contribution >= 4 is 12.0 Å². The fraction of sp³-hybridized carbons (Fsp3) is 0.286. The van der Waals surface area contributed by atoms with Crippen LogP contribution in [0.25, 0.3) is 0 Å². The Morgan fingerprint density at radius 2 is 2.40 bits per heavy atom. The zero-order chi connectivity index (χ0) is 7.40. The molecule has 0 spiro atoms. The van der Waals surface area contributed by atoms with Gasteiger partial charge in [0.1, 0.15) is 0 Å². The summed E-state index contributed by atoms with van der Waals surface area (Å²) in [6.45, 7) is 0. The lowest BCUT2D eigenvalue weighted by atomic mass is 10.6. The topological polar surface area (TPSA) is 31.4 Å². The van der Waals surface area contributed by atoms with Gasteiger partial charge in [0, 0.05) is 26.5 Å². The molecule has 0 saturated carbocycles. The number of aromatic amines is 1. The van der Waals surface area contributed by atoms with E-state index >= 15 is 0 Å². The van der Waals surface area contributed by atoms with Gasteiger partial charge in [0.15, 0.2) is 0 Å². The van der Waals surface area contributed by atoms with Crippen molar-refractivity contribution < 1.29 is 0 Å². The van der Waals surface area contributed by atoms with Gasteiger partial charge in [-0.25, -0.2) is 4.99 Å². The van der Waals surface area contributed by atoms with E-state index in [2.05, 4.69) is 9.98 Å². The SMILES string of the molecule is CN(C)C=Nc1cc[nH]c1.